The maximum atomic E-state index is 12.4. The third kappa shape index (κ3) is 3.09. The predicted octanol–water partition coefficient (Wildman–Crippen LogP) is 1.54. The van der Waals surface area contributed by atoms with Crippen LogP contribution in [-0.2, 0) is 0 Å². The first-order valence-electron chi connectivity index (χ1n) is 7.20. The second-order valence-electron chi connectivity index (χ2n) is 5.23. The van der Waals surface area contributed by atoms with Gasteiger partial charge in [-0.05, 0) is 23.3 Å². The molecule has 7 heteroatoms. The number of H-pyrrole nitrogens is 1. The van der Waals surface area contributed by atoms with Crippen LogP contribution < -0.4 is 11.2 Å². The fourth-order valence-electron chi connectivity index (χ4n) is 2.32. The monoisotopic (exact) mass is 333 g/mol. The summed E-state index contributed by atoms with van der Waals surface area (Å²) in [5, 5.41) is 17.9. The van der Waals surface area contributed by atoms with Crippen molar-refractivity contribution in [2.75, 3.05) is 0 Å². The molecule has 1 heterocycles. The van der Waals surface area contributed by atoms with Crippen LogP contribution in [0.1, 0.15) is 21.6 Å². The molecule has 0 radical (unpaired) electrons. The zero-order valence-electron chi connectivity index (χ0n) is 12.8. The van der Waals surface area contributed by atoms with Gasteiger partial charge in [-0.15, -0.1) is 0 Å². The van der Waals surface area contributed by atoms with Gasteiger partial charge in [-0.25, -0.2) is 4.79 Å². The summed E-state index contributed by atoms with van der Waals surface area (Å²) in [6, 6.07) is 16.5. The Morgan fingerprint density at radius 2 is 1.56 bits per heavy atom. The van der Waals surface area contributed by atoms with Crippen molar-refractivity contribution in [3.63, 3.8) is 0 Å². The average molecular weight is 333 g/mol. The number of hydrogen-bond acceptors (Lipinski definition) is 5. The molecule has 2 aromatic carbocycles. The number of rotatable bonds is 3. The fraction of sp³-hybridized carbons (Fsp3) is 0. The van der Waals surface area contributed by atoms with Crippen LogP contribution in [0.25, 0.3) is 11.1 Å². The molecule has 7 nitrogen and oxygen atoms in total. The van der Waals surface area contributed by atoms with Crippen molar-refractivity contribution >= 4 is 5.78 Å². The van der Waals surface area contributed by atoms with Gasteiger partial charge in [-0.3, -0.25) is 9.59 Å². The number of carbonyl (C=O) groups is 1. The molecule has 1 aromatic heterocycles. The van der Waals surface area contributed by atoms with Crippen LogP contribution >= 0.6 is 0 Å². The number of nitriles is 1. The predicted molar refractivity (Wildman–Crippen MR) is 88.5 cm³/mol. The zero-order chi connectivity index (χ0) is 18.0. The summed E-state index contributed by atoms with van der Waals surface area (Å²) in [6.07, 6.45) is 0. The van der Waals surface area contributed by atoms with E-state index in [4.69, 9.17) is 10.5 Å². The third-order valence-corrected chi connectivity index (χ3v) is 3.65. The lowest BCUT2D eigenvalue weighted by atomic mass is 10.0. The molecule has 0 amide bonds. The van der Waals surface area contributed by atoms with Gasteiger partial charge in [0, 0.05) is 11.6 Å². The van der Waals surface area contributed by atoms with E-state index < -0.39 is 17.0 Å². The lowest BCUT2D eigenvalue weighted by molar-refractivity contribution is 0.103. The first-order chi connectivity index (χ1) is 12.0. The SMILES string of the molecule is N#Cc1ccc(-c2ccc(C(=O)c3cc(=O)n(O)c(=O)[nH]3)cc2)cc1. The zero-order valence-corrected chi connectivity index (χ0v) is 12.8. The van der Waals surface area contributed by atoms with E-state index in [1.165, 1.54) is 0 Å². The van der Waals surface area contributed by atoms with Crippen molar-refractivity contribution in [3.8, 4) is 17.2 Å². The maximum Gasteiger partial charge on any atom is 0.362 e. The fourth-order valence-corrected chi connectivity index (χ4v) is 2.32. The van der Waals surface area contributed by atoms with Gasteiger partial charge in [0.05, 0.1) is 17.3 Å². The summed E-state index contributed by atoms with van der Waals surface area (Å²) in [6.45, 7) is 0. The highest BCUT2D eigenvalue weighted by atomic mass is 16.5. The minimum atomic E-state index is -1.08. The van der Waals surface area contributed by atoms with Crippen LogP contribution in [0.4, 0.5) is 0 Å². The normalized spacial score (nSPS) is 10.2. The molecule has 0 atom stereocenters. The Labute approximate surface area is 141 Å². The average Bonchev–Trinajstić information content (AvgIpc) is 2.65. The summed E-state index contributed by atoms with van der Waals surface area (Å²) in [7, 11) is 0. The number of hydrogen-bond donors (Lipinski definition) is 2. The second-order valence-corrected chi connectivity index (χ2v) is 5.23. The first kappa shape index (κ1) is 16.0. The highest BCUT2D eigenvalue weighted by Crippen LogP contribution is 2.21. The highest BCUT2D eigenvalue weighted by molar-refractivity contribution is 6.07. The number of aromatic nitrogens is 2. The Bertz CT molecular complexity index is 1070. The highest BCUT2D eigenvalue weighted by Gasteiger charge is 2.13. The lowest BCUT2D eigenvalue weighted by Gasteiger charge is -2.05. The van der Waals surface area contributed by atoms with Gasteiger partial charge in [0.1, 0.15) is 0 Å². The molecule has 25 heavy (non-hydrogen) atoms. The number of carbonyl (C=O) groups excluding carboxylic acids is 1. The Hall–Kier alpha value is -3.92. The van der Waals surface area contributed by atoms with Crippen molar-refractivity contribution in [3.05, 3.63) is 92.3 Å². The number of benzene rings is 2. The smallest absolute Gasteiger partial charge is 0.362 e. The van der Waals surface area contributed by atoms with Gasteiger partial charge in [0.2, 0.25) is 5.78 Å². The molecule has 3 aromatic rings. The first-order valence-corrected chi connectivity index (χ1v) is 7.20. The summed E-state index contributed by atoms with van der Waals surface area (Å²) in [5.41, 5.74) is 0.300. The summed E-state index contributed by atoms with van der Waals surface area (Å²) in [4.78, 5) is 37.3. The van der Waals surface area contributed by atoms with Crippen molar-refractivity contribution in [1.29, 1.82) is 5.26 Å². The van der Waals surface area contributed by atoms with Crippen LogP contribution in [0.3, 0.4) is 0 Å². The number of ketones is 1. The van der Waals surface area contributed by atoms with E-state index in [1.807, 2.05) is 6.07 Å². The summed E-state index contributed by atoms with van der Waals surface area (Å²) >= 11 is 0. The van der Waals surface area contributed by atoms with Crippen molar-refractivity contribution in [1.82, 2.24) is 9.71 Å². The molecular weight excluding hydrogens is 322 g/mol. The van der Waals surface area contributed by atoms with E-state index in [0.717, 1.165) is 17.2 Å². The molecule has 0 unspecified atom stereocenters. The molecule has 0 saturated carbocycles. The Morgan fingerprint density at radius 3 is 2.08 bits per heavy atom. The Morgan fingerprint density at radius 1 is 1.00 bits per heavy atom. The molecule has 0 aliphatic carbocycles. The van der Waals surface area contributed by atoms with Crippen LogP contribution in [0, 0.1) is 11.3 Å². The minimum Gasteiger partial charge on any atom is -0.421 e. The van der Waals surface area contributed by atoms with E-state index in [1.54, 1.807) is 48.5 Å². The molecule has 2 N–H and O–H groups in total. The largest absolute Gasteiger partial charge is 0.421 e. The van der Waals surface area contributed by atoms with E-state index in [9.17, 15) is 14.4 Å². The van der Waals surface area contributed by atoms with Crippen molar-refractivity contribution in [2.45, 2.75) is 0 Å². The van der Waals surface area contributed by atoms with Crippen molar-refractivity contribution < 1.29 is 10.0 Å². The molecular formula is C18H11N3O4. The summed E-state index contributed by atoms with van der Waals surface area (Å²) < 4.78 is -0.106. The van der Waals surface area contributed by atoms with Gasteiger partial charge in [-0.2, -0.15) is 5.26 Å². The molecule has 0 spiro atoms. The second kappa shape index (κ2) is 6.29. The Balaban J connectivity index is 1.92. The standard InChI is InChI=1S/C18H11N3O4/c19-10-11-1-3-12(4-2-11)13-5-7-14(8-6-13)17(23)15-9-16(22)21(25)18(24)20-15/h1-9,25H,(H,20,24). The molecule has 0 saturated heterocycles. The third-order valence-electron chi connectivity index (χ3n) is 3.65. The van der Waals surface area contributed by atoms with E-state index in [0.29, 0.717) is 5.56 Å². The van der Waals surface area contributed by atoms with Gasteiger partial charge in [0.15, 0.2) is 0 Å². The number of aromatic amines is 1. The van der Waals surface area contributed by atoms with E-state index >= 15 is 0 Å². The van der Waals surface area contributed by atoms with E-state index in [-0.39, 0.29) is 16.0 Å². The molecule has 0 fully saturated rings. The Kier molecular flexibility index (Phi) is 4.02. The van der Waals surface area contributed by atoms with Gasteiger partial charge < -0.3 is 10.2 Å². The number of nitrogens with zero attached hydrogens (tertiary/aromatic N) is 2. The topological polar surface area (TPSA) is 116 Å². The maximum absolute atomic E-state index is 12.4. The van der Waals surface area contributed by atoms with Crippen molar-refractivity contribution in [2.24, 2.45) is 0 Å². The van der Waals surface area contributed by atoms with Crippen LogP contribution in [0.15, 0.2) is 64.2 Å². The van der Waals surface area contributed by atoms with Crippen LogP contribution in [0.2, 0.25) is 0 Å². The van der Waals surface area contributed by atoms with Gasteiger partial charge in [-0.1, -0.05) is 41.1 Å². The number of nitrogens with one attached hydrogen (secondary N) is 1. The van der Waals surface area contributed by atoms with Crippen LogP contribution in [-0.4, -0.2) is 20.7 Å². The lowest BCUT2D eigenvalue weighted by Crippen LogP contribution is -2.34. The van der Waals surface area contributed by atoms with Gasteiger partial charge >= 0.3 is 5.69 Å². The summed E-state index contributed by atoms with van der Waals surface area (Å²) in [5.74, 6) is -0.541. The molecule has 0 aliphatic heterocycles. The molecule has 0 aliphatic rings. The van der Waals surface area contributed by atoms with Gasteiger partial charge in [0.25, 0.3) is 5.56 Å². The van der Waals surface area contributed by atoms with E-state index in [2.05, 4.69) is 4.98 Å². The minimum absolute atomic E-state index is 0.106. The quantitative estimate of drug-likeness (QED) is 0.557. The van der Waals surface area contributed by atoms with Crippen LogP contribution in [0.5, 0.6) is 0 Å². The molecule has 3 rings (SSSR count). The molecule has 0 bridgehead atoms. The molecule has 122 valence electrons.